The highest BCUT2D eigenvalue weighted by Gasteiger charge is 2.03. The van der Waals surface area contributed by atoms with Crippen molar-refractivity contribution in [2.75, 3.05) is 7.05 Å². The molecule has 2 aromatic carbocycles. The van der Waals surface area contributed by atoms with Crippen LogP contribution < -0.4 is 10.6 Å². The second-order valence-corrected chi connectivity index (χ2v) is 5.58. The van der Waals surface area contributed by atoms with Gasteiger partial charge in [0.25, 0.3) is 0 Å². The van der Waals surface area contributed by atoms with Gasteiger partial charge >= 0.3 is 0 Å². The number of nitrogens with zero attached hydrogens (tertiary/aromatic N) is 3. The van der Waals surface area contributed by atoms with Crippen molar-refractivity contribution in [2.45, 2.75) is 13.1 Å². The van der Waals surface area contributed by atoms with Crippen molar-refractivity contribution in [3.8, 4) is 6.07 Å². The fraction of sp³-hybridized carbons (Fsp3) is 0.150. The number of para-hydroxylation sites is 1. The van der Waals surface area contributed by atoms with E-state index in [1.54, 1.807) is 7.05 Å². The lowest BCUT2D eigenvalue weighted by atomic mass is 10.1. The van der Waals surface area contributed by atoms with Crippen LogP contribution in [-0.2, 0) is 13.1 Å². The topological polar surface area (TPSA) is 73.1 Å². The highest BCUT2D eigenvalue weighted by molar-refractivity contribution is 5.83. The van der Waals surface area contributed by atoms with Gasteiger partial charge in [-0.3, -0.25) is 9.98 Å². The molecule has 2 N–H and O–H groups in total. The first-order chi connectivity index (χ1) is 12.3. The number of nitrogens with one attached hydrogen (secondary N) is 2. The van der Waals surface area contributed by atoms with E-state index in [1.807, 2.05) is 54.7 Å². The molecule has 0 aliphatic carbocycles. The number of rotatable bonds is 4. The number of benzene rings is 2. The molecular formula is C20H19N5. The third-order valence-corrected chi connectivity index (χ3v) is 3.95. The van der Waals surface area contributed by atoms with Crippen molar-refractivity contribution >= 4 is 16.9 Å². The van der Waals surface area contributed by atoms with Crippen LogP contribution in [0.5, 0.6) is 0 Å². The van der Waals surface area contributed by atoms with Crippen LogP contribution in [0, 0.1) is 11.3 Å². The number of hydrogen-bond donors (Lipinski definition) is 2. The van der Waals surface area contributed by atoms with E-state index in [9.17, 15) is 0 Å². The van der Waals surface area contributed by atoms with Crippen molar-refractivity contribution in [1.82, 2.24) is 15.6 Å². The monoisotopic (exact) mass is 329 g/mol. The van der Waals surface area contributed by atoms with Crippen LogP contribution in [0.3, 0.4) is 0 Å². The van der Waals surface area contributed by atoms with Crippen molar-refractivity contribution in [3.63, 3.8) is 0 Å². The minimum Gasteiger partial charge on any atom is -0.352 e. The largest absolute Gasteiger partial charge is 0.352 e. The van der Waals surface area contributed by atoms with Crippen molar-refractivity contribution < 1.29 is 0 Å². The number of guanidine groups is 1. The maximum Gasteiger partial charge on any atom is 0.191 e. The molecule has 0 bridgehead atoms. The van der Waals surface area contributed by atoms with Gasteiger partial charge in [-0.15, -0.1) is 0 Å². The SMILES string of the molecule is CN=C(NCc1ccc(C#N)cc1)NCc1ccnc2ccccc12. The summed E-state index contributed by atoms with van der Waals surface area (Å²) in [7, 11) is 1.75. The lowest BCUT2D eigenvalue weighted by molar-refractivity contribution is 0.811. The van der Waals surface area contributed by atoms with Gasteiger partial charge in [0.1, 0.15) is 0 Å². The second kappa shape index (κ2) is 7.93. The van der Waals surface area contributed by atoms with Crippen LogP contribution in [0.25, 0.3) is 10.9 Å². The Morgan fingerprint density at radius 2 is 1.80 bits per heavy atom. The zero-order chi connectivity index (χ0) is 17.5. The normalized spacial score (nSPS) is 11.1. The van der Waals surface area contributed by atoms with Gasteiger partial charge in [0.15, 0.2) is 5.96 Å². The number of pyridine rings is 1. The Hall–Kier alpha value is -3.39. The molecule has 0 atom stereocenters. The molecule has 0 aliphatic heterocycles. The zero-order valence-corrected chi connectivity index (χ0v) is 14.0. The van der Waals surface area contributed by atoms with E-state index in [4.69, 9.17) is 5.26 Å². The van der Waals surface area contributed by atoms with E-state index in [2.05, 4.69) is 32.7 Å². The number of aromatic nitrogens is 1. The Bertz CT molecular complexity index is 917. The van der Waals surface area contributed by atoms with Gasteiger partial charge < -0.3 is 10.6 Å². The molecule has 124 valence electrons. The Morgan fingerprint density at radius 3 is 2.56 bits per heavy atom. The summed E-state index contributed by atoms with van der Waals surface area (Å²) >= 11 is 0. The number of fused-ring (bicyclic) bond motifs is 1. The van der Waals surface area contributed by atoms with Crippen molar-refractivity contribution in [1.29, 1.82) is 5.26 Å². The van der Waals surface area contributed by atoms with E-state index in [-0.39, 0.29) is 0 Å². The summed E-state index contributed by atoms with van der Waals surface area (Å²) in [5, 5.41) is 16.6. The second-order valence-electron chi connectivity index (χ2n) is 5.58. The summed E-state index contributed by atoms with van der Waals surface area (Å²) in [6, 6.07) is 19.7. The highest BCUT2D eigenvalue weighted by atomic mass is 15.2. The maximum absolute atomic E-state index is 8.84. The van der Waals surface area contributed by atoms with Gasteiger partial charge in [0.05, 0.1) is 17.1 Å². The lowest BCUT2D eigenvalue weighted by Gasteiger charge is -2.13. The van der Waals surface area contributed by atoms with Crippen LogP contribution in [0.15, 0.2) is 65.8 Å². The molecule has 3 aromatic rings. The molecule has 0 amide bonds. The molecule has 1 aromatic heterocycles. The average molecular weight is 329 g/mol. The predicted octanol–water partition coefficient (Wildman–Crippen LogP) is 2.97. The average Bonchev–Trinajstić information content (AvgIpc) is 2.68. The summed E-state index contributed by atoms with van der Waals surface area (Å²) in [5.74, 6) is 0.727. The first kappa shape index (κ1) is 16.5. The van der Waals surface area contributed by atoms with Gasteiger partial charge in [-0.2, -0.15) is 5.26 Å². The van der Waals surface area contributed by atoms with Crippen molar-refractivity contribution in [2.24, 2.45) is 4.99 Å². The number of nitriles is 1. The van der Waals surface area contributed by atoms with Crippen LogP contribution in [0.1, 0.15) is 16.7 Å². The van der Waals surface area contributed by atoms with Gasteiger partial charge in [-0.05, 0) is 35.4 Å². The van der Waals surface area contributed by atoms with E-state index in [1.165, 1.54) is 5.56 Å². The predicted molar refractivity (Wildman–Crippen MR) is 99.9 cm³/mol. The van der Waals surface area contributed by atoms with E-state index < -0.39 is 0 Å². The van der Waals surface area contributed by atoms with Crippen LogP contribution in [0.4, 0.5) is 0 Å². The summed E-state index contributed by atoms with van der Waals surface area (Å²) < 4.78 is 0. The quantitative estimate of drug-likeness (QED) is 0.570. The summed E-state index contributed by atoms with van der Waals surface area (Å²) in [6.07, 6.45) is 1.83. The Labute approximate surface area is 147 Å². The molecule has 0 fully saturated rings. The molecular weight excluding hydrogens is 310 g/mol. The first-order valence-corrected chi connectivity index (χ1v) is 8.06. The molecule has 5 heteroatoms. The van der Waals surface area contributed by atoms with Crippen LogP contribution >= 0.6 is 0 Å². The van der Waals surface area contributed by atoms with Gasteiger partial charge in [-0.1, -0.05) is 30.3 Å². The van der Waals surface area contributed by atoms with E-state index in [0.717, 1.165) is 22.4 Å². The summed E-state index contributed by atoms with van der Waals surface area (Å²) in [6.45, 7) is 1.30. The van der Waals surface area contributed by atoms with Gasteiger partial charge in [0.2, 0.25) is 0 Å². The fourth-order valence-electron chi connectivity index (χ4n) is 2.59. The standard InChI is InChI=1S/C20H19N5/c1-22-20(24-13-16-8-6-15(12-21)7-9-16)25-14-17-10-11-23-19-5-3-2-4-18(17)19/h2-11H,13-14H2,1H3,(H2,22,24,25). The zero-order valence-electron chi connectivity index (χ0n) is 14.0. The highest BCUT2D eigenvalue weighted by Crippen LogP contribution is 2.15. The molecule has 0 unspecified atom stereocenters. The Morgan fingerprint density at radius 1 is 1.04 bits per heavy atom. The minimum absolute atomic E-state index is 0.641. The molecule has 0 radical (unpaired) electrons. The Kier molecular flexibility index (Phi) is 5.22. The molecule has 0 spiro atoms. The summed E-state index contributed by atoms with van der Waals surface area (Å²) in [4.78, 5) is 8.64. The molecule has 5 nitrogen and oxygen atoms in total. The lowest BCUT2D eigenvalue weighted by Crippen LogP contribution is -2.36. The maximum atomic E-state index is 8.84. The van der Waals surface area contributed by atoms with Crippen LogP contribution in [-0.4, -0.2) is 18.0 Å². The first-order valence-electron chi connectivity index (χ1n) is 8.06. The smallest absolute Gasteiger partial charge is 0.191 e. The van der Waals surface area contributed by atoms with Gasteiger partial charge in [0, 0.05) is 31.7 Å². The van der Waals surface area contributed by atoms with Crippen molar-refractivity contribution in [3.05, 3.63) is 77.5 Å². The van der Waals surface area contributed by atoms with Gasteiger partial charge in [-0.25, -0.2) is 0 Å². The molecule has 0 aliphatic rings. The Balaban J connectivity index is 1.61. The number of hydrogen-bond acceptors (Lipinski definition) is 3. The molecule has 25 heavy (non-hydrogen) atoms. The third-order valence-electron chi connectivity index (χ3n) is 3.95. The van der Waals surface area contributed by atoms with E-state index in [0.29, 0.717) is 18.7 Å². The molecule has 1 heterocycles. The molecule has 0 saturated carbocycles. The molecule has 3 rings (SSSR count). The number of aliphatic imine (C=N–C) groups is 1. The third kappa shape index (κ3) is 4.12. The summed E-state index contributed by atoms with van der Waals surface area (Å²) in [5.41, 5.74) is 3.92. The van der Waals surface area contributed by atoms with Crippen LogP contribution in [0.2, 0.25) is 0 Å². The fourth-order valence-corrected chi connectivity index (χ4v) is 2.59. The van der Waals surface area contributed by atoms with E-state index >= 15 is 0 Å². The molecule has 0 saturated heterocycles. The minimum atomic E-state index is 0.641.